The molecule has 0 spiro atoms. The lowest BCUT2D eigenvalue weighted by atomic mass is 10.0. The van der Waals surface area contributed by atoms with Crippen molar-refractivity contribution in [2.45, 2.75) is 6.43 Å². The monoisotopic (exact) mass is 388 g/mol. The van der Waals surface area contributed by atoms with Gasteiger partial charge in [0.15, 0.2) is 12.3 Å². The standard InChI is InChI=1S/C17H11F3N6S/c18-17(19)14-3-1-2-13(25-14)16(22)12(8-24-27-20)10-4-5-15-23-7-11(6-21)26(15)9-10/h1-5,7-9,17H,22H2. The quantitative estimate of drug-likeness (QED) is 0.527. The van der Waals surface area contributed by atoms with Crippen LogP contribution in [0.2, 0.25) is 0 Å². The highest BCUT2D eigenvalue weighted by Crippen LogP contribution is 2.24. The maximum absolute atomic E-state index is 12.9. The summed E-state index contributed by atoms with van der Waals surface area (Å²) in [4.78, 5) is 7.93. The van der Waals surface area contributed by atoms with E-state index in [4.69, 9.17) is 11.0 Å². The fourth-order valence-corrected chi connectivity index (χ4v) is 2.60. The molecular weight excluding hydrogens is 377 g/mol. The molecule has 6 nitrogen and oxygen atoms in total. The fraction of sp³-hybridized carbons (Fsp3) is 0.0588. The second kappa shape index (κ2) is 7.92. The van der Waals surface area contributed by atoms with Crippen molar-refractivity contribution in [3.8, 4) is 6.07 Å². The van der Waals surface area contributed by atoms with Gasteiger partial charge >= 0.3 is 0 Å². The van der Waals surface area contributed by atoms with Gasteiger partial charge in [-0.1, -0.05) is 6.07 Å². The Labute approximate surface area is 156 Å². The van der Waals surface area contributed by atoms with Crippen LogP contribution in [0.5, 0.6) is 0 Å². The number of hydrogen-bond donors (Lipinski definition) is 1. The molecule has 0 fully saturated rings. The lowest BCUT2D eigenvalue weighted by molar-refractivity contribution is 0.146. The van der Waals surface area contributed by atoms with Gasteiger partial charge in [-0.3, -0.25) is 4.40 Å². The van der Waals surface area contributed by atoms with Gasteiger partial charge in [0.1, 0.15) is 23.1 Å². The minimum atomic E-state index is -2.75. The van der Waals surface area contributed by atoms with E-state index in [2.05, 4.69) is 14.4 Å². The average Bonchev–Trinajstić information content (AvgIpc) is 3.10. The van der Waals surface area contributed by atoms with E-state index < -0.39 is 12.1 Å². The summed E-state index contributed by atoms with van der Waals surface area (Å²) in [6, 6.07) is 9.35. The van der Waals surface area contributed by atoms with Crippen molar-refractivity contribution in [1.29, 1.82) is 5.26 Å². The van der Waals surface area contributed by atoms with Crippen LogP contribution < -0.4 is 5.73 Å². The highest BCUT2D eigenvalue weighted by atomic mass is 32.2. The van der Waals surface area contributed by atoms with Gasteiger partial charge in [-0.2, -0.15) is 9.66 Å². The summed E-state index contributed by atoms with van der Waals surface area (Å²) < 4.78 is 43.4. The third-order valence-corrected chi connectivity index (χ3v) is 3.90. The SMILES string of the molecule is N#Cc1cnc2ccc(C(C=NSF)=C(N)c3cccc(C(F)F)n3)cn12. The van der Waals surface area contributed by atoms with Crippen molar-refractivity contribution in [3.05, 3.63) is 65.4 Å². The molecule has 0 radical (unpaired) electrons. The number of hydrogen-bond acceptors (Lipinski definition) is 6. The average molecular weight is 388 g/mol. The van der Waals surface area contributed by atoms with Gasteiger partial charge in [-0.25, -0.2) is 18.7 Å². The lowest BCUT2D eigenvalue weighted by Gasteiger charge is -2.10. The highest BCUT2D eigenvalue weighted by Gasteiger charge is 2.14. The number of pyridine rings is 2. The molecule has 3 aromatic heterocycles. The van der Waals surface area contributed by atoms with Crippen LogP contribution >= 0.6 is 12.3 Å². The molecule has 0 amide bonds. The third kappa shape index (κ3) is 3.78. The first kappa shape index (κ1) is 18.5. The summed E-state index contributed by atoms with van der Waals surface area (Å²) in [7, 11) is 0. The van der Waals surface area contributed by atoms with Crippen LogP contribution in [0.3, 0.4) is 0 Å². The van der Waals surface area contributed by atoms with Gasteiger partial charge in [-0.15, -0.1) is 3.89 Å². The van der Waals surface area contributed by atoms with E-state index in [1.807, 2.05) is 6.07 Å². The van der Waals surface area contributed by atoms with Crippen molar-refractivity contribution in [2.75, 3.05) is 0 Å². The first-order valence-electron chi connectivity index (χ1n) is 7.49. The summed E-state index contributed by atoms with van der Waals surface area (Å²) in [6.07, 6.45) is 1.40. The molecule has 0 saturated heterocycles. The molecule has 27 heavy (non-hydrogen) atoms. The minimum absolute atomic E-state index is 0.0354. The van der Waals surface area contributed by atoms with Gasteiger partial charge in [0.25, 0.3) is 6.43 Å². The normalized spacial score (nSPS) is 12.6. The van der Waals surface area contributed by atoms with Crippen molar-refractivity contribution >= 4 is 35.5 Å². The third-order valence-electron chi connectivity index (χ3n) is 3.71. The first-order valence-corrected chi connectivity index (χ1v) is 8.16. The minimum Gasteiger partial charge on any atom is -0.396 e. The Hall–Kier alpha value is -3.32. The molecule has 0 aliphatic rings. The molecule has 3 heterocycles. The van der Waals surface area contributed by atoms with Gasteiger partial charge in [0.05, 0.1) is 17.6 Å². The molecule has 0 bridgehead atoms. The largest absolute Gasteiger partial charge is 0.396 e. The van der Waals surface area contributed by atoms with Crippen LogP contribution in [-0.2, 0) is 0 Å². The number of fused-ring (bicyclic) bond motifs is 1. The van der Waals surface area contributed by atoms with Crippen LogP contribution in [0, 0.1) is 11.3 Å². The number of nitrogens with zero attached hydrogens (tertiary/aromatic N) is 5. The molecule has 10 heteroatoms. The molecule has 3 aromatic rings. The summed E-state index contributed by atoms with van der Waals surface area (Å²) in [5.41, 5.74) is 7.41. The molecule has 0 atom stereocenters. The molecule has 0 aromatic carbocycles. The first-order chi connectivity index (χ1) is 13.0. The number of allylic oxidation sites excluding steroid dienone is 1. The molecule has 0 aliphatic carbocycles. The van der Waals surface area contributed by atoms with E-state index >= 15 is 0 Å². The smallest absolute Gasteiger partial charge is 0.280 e. The number of halogens is 3. The summed E-state index contributed by atoms with van der Waals surface area (Å²) in [5, 5.41) is 9.16. The molecule has 2 N–H and O–H groups in total. The number of nitriles is 1. The predicted octanol–water partition coefficient (Wildman–Crippen LogP) is 3.97. The zero-order valence-corrected chi connectivity index (χ0v) is 14.4. The van der Waals surface area contributed by atoms with Gasteiger partial charge in [-0.05, 0) is 24.3 Å². The number of imidazole rings is 1. The van der Waals surface area contributed by atoms with Crippen molar-refractivity contribution < 1.29 is 12.7 Å². The lowest BCUT2D eigenvalue weighted by Crippen LogP contribution is -2.06. The Morgan fingerprint density at radius 2 is 2.15 bits per heavy atom. The molecule has 0 aliphatic heterocycles. The molecule has 0 unspecified atom stereocenters. The Bertz CT molecular complexity index is 1080. The Morgan fingerprint density at radius 3 is 2.85 bits per heavy atom. The molecule has 0 saturated carbocycles. The zero-order chi connectivity index (χ0) is 19.4. The van der Waals surface area contributed by atoms with E-state index in [0.29, 0.717) is 16.9 Å². The predicted molar refractivity (Wildman–Crippen MR) is 97.3 cm³/mol. The van der Waals surface area contributed by atoms with E-state index in [0.717, 1.165) is 0 Å². The maximum Gasteiger partial charge on any atom is 0.280 e. The van der Waals surface area contributed by atoms with E-state index in [1.54, 1.807) is 18.3 Å². The second-order valence-electron chi connectivity index (χ2n) is 5.28. The maximum atomic E-state index is 12.9. The second-order valence-corrected chi connectivity index (χ2v) is 5.63. The van der Waals surface area contributed by atoms with E-state index in [-0.39, 0.29) is 29.3 Å². The molecule has 136 valence electrons. The van der Waals surface area contributed by atoms with E-state index in [1.165, 1.54) is 35.0 Å². The highest BCUT2D eigenvalue weighted by molar-refractivity contribution is 7.93. The van der Waals surface area contributed by atoms with Crippen LogP contribution in [0.25, 0.3) is 16.9 Å². The number of nitrogens with two attached hydrogens (primary N) is 1. The van der Waals surface area contributed by atoms with Crippen LogP contribution in [0.1, 0.15) is 29.1 Å². The van der Waals surface area contributed by atoms with Crippen LogP contribution in [0.4, 0.5) is 12.7 Å². The summed E-state index contributed by atoms with van der Waals surface area (Å²) >= 11 is -0.274. The Balaban J connectivity index is 2.19. The van der Waals surface area contributed by atoms with Crippen molar-refractivity contribution in [3.63, 3.8) is 0 Å². The molecule has 3 rings (SSSR count). The fourth-order valence-electron chi connectivity index (χ4n) is 2.46. The van der Waals surface area contributed by atoms with E-state index in [9.17, 15) is 12.7 Å². The van der Waals surface area contributed by atoms with Crippen LogP contribution in [0.15, 0.2) is 47.1 Å². The number of rotatable bonds is 5. The Morgan fingerprint density at radius 1 is 1.33 bits per heavy atom. The molecular formula is C17H11F3N6S. The number of aromatic nitrogens is 3. The van der Waals surface area contributed by atoms with Crippen molar-refractivity contribution in [1.82, 2.24) is 14.4 Å². The van der Waals surface area contributed by atoms with Gasteiger partial charge < -0.3 is 5.73 Å². The van der Waals surface area contributed by atoms with Gasteiger partial charge in [0.2, 0.25) is 0 Å². The van der Waals surface area contributed by atoms with Crippen LogP contribution in [-0.4, -0.2) is 20.6 Å². The topological polar surface area (TPSA) is 92.4 Å². The summed E-state index contributed by atoms with van der Waals surface area (Å²) in [5.74, 6) is 0. The summed E-state index contributed by atoms with van der Waals surface area (Å²) in [6.45, 7) is 0. The zero-order valence-electron chi connectivity index (χ0n) is 13.6. The van der Waals surface area contributed by atoms with Crippen molar-refractivity contribution in [2.24, 2.45) is 10.1 Å². The Kier molecular flexibility index (Phi) is 5.42. The van der Waals surface area contributed by atoms with Gasteiger partial charge in [0, 0.05) is 23.5 Å². The number of alkyl halides is 2.